The van der Waals surface area contributed by atoms with Crippen LogP contribution in [0, 0.1) is 11.8 Å². The predicted molar refractivity (Wildman–Crippen MR) is 66.5 cm³/mol. The minimum atomic E-state index is 0.126. The minimum Gasteiger partial charge on any atom is -0.394 e. The Morgan fingerprint density at radius 1 is 1.12 bits per heavy atom. The molecule has 0 aromatic heterocycles. The summed E-state index contributed by atoms with van der Waals surface area (Å²) in [7, 11) is 0. The molecule has 0 spiro atoms. The van der Waals surface area contributed by atoms with Crippen LogP contribution in [-0.4, -0.2) is 38.0 Å². The molecule has 1 aliphatic carbocycles. The highest BCUT2D eigenvalue weighted by molar-refractivity contribution is 4.73. The second-order valence-corrected chi connectivity index (χ2v) is 4.84. The van der Waals surface area contributed by atoms with Gasteiger partial charge in [0.2, 0.25) is 0 Å². The van der Waals surface area contributed by atoms with E-state index in [0.717, 1.165) is 24.9 Å². The Hall–Kier alpha value is -0.120. The lowest BCUT2D eigenvalue weighted by Gasteiger charge is -2.27. The Morgan fingerprint density at radius 3 is 2.44 bits per heavy atom. The smallest absolute Gasteiger partial charge is 0.0698 e. The van der Waals surface area contributed by atoms with Crippen LogP contribution in [0.5, 0.6) is 0 Å². The quantitative estimate of drug-likeness (QED) is 0.624. The average molecular weight is 229 g/mol. The fourth-order valence-electron chi connectivity index (χ4n) is 2.46. The van der Waals surface area contributed by atoms with Crippen LogP contribution in [0.3, 0.4) is 0 Å². The third kappa shape index (κ3) is 5.83. The third-order valence-corrected chi connectivity index (χ3v) is 3.64. The summed E-state index contributed by atoms with van der Waals surface area (Å²) in [6.45, 7) is 5.66. The highest BCUT2D eigenvalue weighted by Crippen LogP contribution is 2.29. The van der Waals surface area contributed by atoms with Crippen LogP contribution >= 0.6 is 0 Å². The van der Waals surface area contributed by atoms with E-state index in [9.17, 15) is 0 Å². The second-order valence-electron chi connectivity index (χ2n) is 4.84. The Kier molecular flexibility index (Phi) is 7.81. The maximum absolute atomic E-state index is 8.53. The van der Waals surface area contributed by atoms with Crippen molar-refractivity contribution in [2.24, 2.45) is 11.8 Å². The number of aliphatic hydroxyl groups excluding tert-OH is 1. The standard InChI is InChI=1S/C13H27NO2/c1-2-12-3-5-13(6-4-12)11-14-7-9-16-10-8-15/h12-15H,2-11H2,1H3. The molecule has 1 rings (SSSR count). The first-order valence-corrected chi connectivity index (χ1v) is 6.76. The molecular formula is C13H27NO2. The summed E-state index contributed by atoms with van der Waals surface area (Å²) in [6.07, 6.45) is 6.98. The molecule has 3 nitrogen and oxygen atoms in total. The third-order valence-electron chi connectivity index (χ3n) is 3.64. The summed E-state index contributed by atoms with van der Waals surface area (Å²) < 4.78 is 5.19. The van der Waals surface area contributed by atoms with Gasteiger partial charge in [-0.3, -0.25) is 0 Å². The van der Waals surface area contributed by atoms with E-state index in [2.05, 4.69) is 12.2 Å². The van der Waals surface area contributed by atoms with E-state index in [1.807, 2.05) is 0 Å². The molecular weight excluding hydrogens is 202 g/mol. The molecule has 0 amide bonds. The largest absolute Gasteiger partial charge is 0.394 e. The van der Waals surface area contributed by atoms with E-state index in [-0.39, 0.29) is 6.61 Å². The van der Waals surface area contributed by atoms with E-state index in [1.54, 1.807) is 0 Å². The number of hydrogen-bond acceptors (Lipinski definition) is 3. The molecule has 2 N–H and O–H groups in total. The molecule has 0 atom stereocenters. The zero-order valence-corrected chi connectivity index (χ0v) is 10.6. The first-order valence-electron chi connectivity index (χ1n) is 6.76. The van der Waals surface area contributed by atoms with Crippen LogP contribution in [0.25, 0.3) is 0 Å². The highest BCUT2D eigenvalue weighted by atomic mass is 16.5. The van der Waals surface area contributed by atoms with Gasteiger partial charge in [0.25, 0.3) is 0 Å². The Bertz CT molecular complexity index is 156. The molecule has 0 aliphatic heterocycles. The Labute approximate surface area is 99.6 Å². The van der Waals surface area contributed by atoms with Gasteiger partial charge in [-0.2, -0.15) is 0 Å². The maximum Gasteiger partial charge on any atom is 0.0698 e. The van der Waals surface area contributed by atoms with Gasteiger partial charge < -0.3 is 15.2 Å². The summed E-state index contributed by atoms with van der Waals surface area (Å²) in [5, 5.41) is 12.0. The van der Waals surface area contributed by atoms with Crippen LogP contribution < -0.4 is 5.32 Å². The van der Waals surface area contributed by atoms with Crippen LogP contribution in [-0.2, 0) is 4.74 Å². The zero-order valence-electron chi connectivity index (χ0n) is 10.6. The normalized spacial score (nSPS) is 25.9. The molecule has 3 heteroatoms. The maximum atomic E-state index is 8.53. The van der Waals surface area contributed by atoms with Gasteiger partial charge in [-0.1, -0.05) is 26.2 Å². The van der Waals surface area contributed by atoms with Crippen LogP contribution in [0.4, 0.5) is 0 Å². The van der Waals surface area contributed by atoms with Gasteiger partial charge in [0.1, 0.15) is 0 Å². The lowest BCUT2D eigenvalue weighted by atomic mass is 9.81. The topological polar surface area (TPSA) is 41.5 Å². The summed E-state index contributed by atoms with van der Waals surface area (Å²) in [6, 6.07) is 0. The van der Waals surface area contributed by atoms with Gasteiger partial charge in [-0.15, -0.1) is 0 Å². The molecule has 0 bridgehead atoms. The monoisotopic (exact) mass is 229 g/mol. The molecule has 0 heterocycles. The van der Waals surface area contributed by atoms with Crippen molar-refractivity contribution in [2.45, 2.75) is 39.0 Å². The molecule has 0 unspecified atom stereocenters. The van der Waals surface area contributed by atoms with Crippen LogP contribution in [0.2, 0.25) is 0 Å². The SMILES string of the molecule is CCC1CCC(CNCCOCCO)CC1. The number of aliphatic hydroxyl groups is 1. The van der Waals surface area contributed by atoms with Crippen molar-refractivity contribution in [2.75, 3.05) is 32.9 Å². The van der Waals surface area contributed by atoms with Crippen molar-refractivity contribution >= 4 is 0 Å². The Morgan fingerprint density at radius 2 is 1.81 bits per heavy atom. The molecule has 96 valence electrons. The van der Waals surface area contributed by atoms with E-state index in [1.165, 1.54) is 32.1 Å². The lowest BCUT2D eigenvalue weighted by molar-refractivity contribution is 0.0930. The molecule has 16 heavy (non-hydrogen) atoms. The number of hydrogen-bond donors (Lipinski definition) is 2. The lowest BCUT2D eigenvalue weighted by Crippen LogP contribution is -2.29. The van der Waals surface area contributed by atoms with Crippen molar-refractivity contribution in [1.29, 1.82) is 0 Å². The summed E-state index contributed by atoms with van der Waals surface area (Å²) >= 11 is 0. The first-order chi connectivity index (χ1) is 7.86. The molecule has 0 saturated heterocycles. The van der Waals surface area contributed by atoms with Crippen molar-refractivity contribution in [3.63, 3.8) is 0 Å². The fraction of sp³-hybridized carbons (Fsp3) is 1.00. The van der Waals surface area contributed by atoms with Gasteiger partial charge in [-0.25, -0.2) is 0 Å². The Balaban J connectivity index is 1.90. The summed E-state index contributed by atoms with van der Waals surface area (Å²) in [4.78, 5) is 0. The number of rotatable bonds is 8. The van der Waals surface area contributed by atoms with Gasteiger partial charge in [0.15, 0.2) is 0 Å². The van der Waals surface area contributed by atoms with Crippen LogP contribution in [0.1, 0.15) is 39.0 Å². The van der Waals surface area contributed by atoms with E-state index >= 15 is 0 Å². The average Bonchev–Trinajstić information content (AvgIpc) is 2.34. The highest BCUT2D eigenvalue weighted by Gasteiger charge is 2.19. The van der Waals surface area contributed by atoms with Crippen molar-refractivity contribution < 1.29 is 9.84 Å². The fourth-order valence-corrected chi connectivity index (χ4v) is 2.46. The summed E-state index contributed by atoms with van der Waals surface area (Å²) in [5.74, 6) is 1.87. The van der Waals surface area contributed by atoms with Gasteiger partial charge in [0, 0.05) is 6.54 Å². The van der Waals surface area contributed by atoms with Gasteiger partial charge >= 0.3 is 0 Å². The zero-order chi connectivity index (χ0) is 11.6. The van der Waals surface area contributed by atoms with Crippen molar-refractivity contribution in [3.8, 4) is 0 Å². The van der Waals surface area contributed by atoms with E-state index in [4.69, 9.17) is 9.84 Å². The van der Waals surface area contributed by atoms with Crippen molar-refractivity contribution in [1.82, 2.24) is 5.32 Å². The van der Waals surface area contributed by atoms with E-state index < -0.39 is 0 Å². The predicted octanol–water partition coefficient (Wildman–Crippen LogP) is 1.80. The molecule has 0 aromatic carbocycles. The van der Waals surface area contributed by atoms with Crippen LogP contribution in [0.15, 0.2) is 0 Å². The number of nitrogens with one attached hydrogen (secondary N) is 1. The molecule has 0 radical (unpaired) electrons. The first kappa shape index (κ1) is 13.9. The molecule has 0 aromatic rings. The minimum absolute atomic E-state index is 0.126. The summed E-state index contributed by atoms with van der Waals surface area (Å²) in [5.41, 5.74) is 0. The molecule has 1 aliphatic rings. The van der Waals surface area contributed by atoms with Gasteiger partial charge in [-0.05, 0) is 31.2 Å². The number of ether oxygens (including phenoxy) is 1. The molecule has 1 saturated carbocycles. The van der Waals surface area contributed by atoms with Crippen molar-refractivity contribution in [3.05, 3.63) is 0 Å². The van der Waals surface area contributed by atoms with E-state index in [0.29, 0.717) is 13.2 Å². The second kappa shape index (κ2) is 8.97. The van der Waals surface area contributed by atoms with Gasteiger partial charge in [0.05, 0.1) is 19.8 Å². The molecule has 1 fully saturated rings.